The van der Waals surface area contributed by atoms with Crippen molar-refractivity contribution in [2.45, 2.75) is 43.6 Å². The van der Waals surface area contributed by atoms with Gasteiger partial charge in [0.2, 0.25) is 17.7 Å². The third-order valence-corrected chi connectivity index (χ3v) is 6.45. The van der Waals surface area contributed by atoms with Gasteiger partial charge in [-0.05, 0) is 24.3 Å². The van der Waals surface area contributed by atoms with Crippen molar-refractivity contribution in [1.82, 2.24) is 14.9 Å². The van der Waals surface area contributed by atoms with Gasteiger partial charge >= 0.3 is 0 Å². The number of likely N-dealkylation sites (tertiary alicyclic amines) is 1. The molecule has 6 nitrogen and oxygen atoms in total. The lowest BCUT2D eigenvalue weighted by molar-refractivity contribution is -0.136. The lowest BCUT2D eigenvalue weighted by Gasteiger charge is -2.31. The molecule has 1 saturated carbocycles. The highest BCUT2D eigenvalue weighted by Gasteiger charge is 2.47. The Kier molecular flexibility index (Phi) is 4.80. The summed E-state index contributed by atoms with van der Waals surface area (Å²) in [5.74, 6) is 1.13. The summed E-state index contributed by atoms with van der Waals surface area (Å²) in [5.41, 5.74) is -0.321. The fourth-order valence-corrected chi connectivity index (χ4v) is 5.04. The van der Waals surface area contributed by atoms with Gasteiger partial charge in [0.05, 0.1) is 31.5 Å². The molecule has 2 fully saturated rings. The molecule has 26 heavy (non-hydrogen) atoms. The first-order chi connectivity index (χ1) is 12.7. The molecule has 2 aromatic rings. The van der Waals surface area contributed by atoms with E-state index in [1.165, 1.54) is 4.88 Å². The maximum absolute atomic E-state index is 13.4. The number of aromatic nitrogens is 2. The van der Waals surface area contributed by atoms with Crippen LogP contribution in [0.4, 0.5) is 0 Å². The van der Waals surface area contributed by atoms with Crippen LogP contribution in [0.2, 0.25) is 0 Å². The van der Waals surface area contributed by atoms with Crippen molar-refractivity contribution >= 4 is 17.2 Å². The Morgan fingerprint density at radius 2 is 2.12 bits per heavy atom. The van der Waals surface area contributed by atoms with Crippen LogP contribution in [0.3, 0.4) is 0 Å². The zero-order valence-corrected chi connectivity index (χ0v) is 15.7. The molecule has 0 spiro atoms. The van der Waals surface area contributed by atoms with E-state index in [1.54, 1.807) is 30.8 Å². The van der Waals surface area contributed by atoms with E-state index in [0.29, 0.717) is 18.3 Å². The van der Waals surface area contributed by atoms with Gasteiger partial charge in [-0.2, -0.15) is 4.98 Å². The van der Waals surface area contributed by atoms with Gasteiger partial charge in [0, 0.05) is 17.8 Å². The van der Waals surface area contributed by atoms with E-state index in [1.807, 2.05) is 11.0 Å². The van der Waals surface area contributed by atoms with Crippen LogP contribution in [0.5, 0.6) is 11.8 Å². The minimum atomic E-state index is -0.321. The van der Waals surface area contributed by atoms with Crippen LogP contribution in [0.1, 0.15) is 37.0 Å². The van der Waals surface area contributed by atoms with E-state index in [0.717, 1.165) is 38.6 Å². The van der Waals surface area contributed by atoms with E-state index in [2.05, 4.69) is 21.4 Å². The molecule has 138 valence electrons. The van der Waals surface area contributed by atoms with Crippen LogP contribution < -0.4 is 9.47 Å². The normalized spacial score (nSPS) is 21.7. The number of rotatable bonds is 5. The van der Waals surface area contributed by atoms with Gasteiger partial charge in [0.25, 0.3) is 0 Å². The van der Waals surface area contributed by atoms with E-state index in [9.17, 15) is 4.79 Å². The van der Waals surface area contributed by atoms with Crippen LogP contribution in [0.25, 0.3) is 0 Å². The second-order valence-corrected chi connectivity index (χ2v) is 7.89. The Balaban J connectivity index is 1.45. The zero-order chi connectivity index (χ0) is 18.0. The lowest BCUT2D eigenvalue weighted by Crippen LogP contribution is -2.44. The Bertz CT molecular complexity index is 759. The number of ether oxygens (including phenoxy) is 2. The molecule has 1 saturated heterocycles. The smallest absolute Gasteiger partial charge is 0.235 e. The average Bonchev–Trinajstić information content (AvgIpc) is 3.42. The summed E-state index contributed by atoms with van der Waals surface area (Å²) in [7, 11) is 1.55. The summed E-state index contributed by atoms with van der Waals surface area (Å²) in [4.78, 5) is 24.9. The summed E-state index contributed by atoms with van der Waals surface area (Å²) in [6.07, 6.45) is 8.03. The predicted octanol–water partition coefficient (Wildman–Crippen LogP) is 3.04. The molecular weight excluding hydrogens is 350 g/mol. The molecular formula is C19H23N3O3S. The zero-order valence-electron chi connectivity index (χ0n) is 14.9. The number of carbonyl (C=O) groups excluding carboxylic acids is 1. The topological polar surface area (TPSA) is 64.6 Å². The van der Waals surface area contributed by atoms with Crippen molar-refractivity contribution in [1.29, 1.82) is 0 Å². The van der Waals surface area contributed by atoms with Gasteiger partial charge in [-0.3, -0.25) is 9.78 Å². The van der Waals surface area contributed by atoms with Crippen LogP contribution in [-0.2, 0) is 10.2 Å². The second kappa shape index (κ2) is 7.23. The third-order valence-electron chi connectivity index (χ3n) is 5.38. The summed E-state index contributed by atoms with van der Waals surface area (Å²) in [6, 6.07) is 4.16. The van der Waals surface area contributed by atoms with Crippen LogP contribution in [-0.4, -0.2) is 47.1 Å². The number of amides is 1. The van der Waals surface area contributed by atoms with Crippen molar-refractivity contribution < 1.29 is 14.3 Å². The molecule has 1 aliphatic carbocycles. The van der Waals surface area contributed by atoms with E-state index in [4.69, 9.17) is 9.47 Å². The fraction of sp³-hybridized carbons (Fsp3) is 0.526. The number of methoxy groups -OCH3 is 1. The summed E-state index contributed by atoms with van der Waals surface area (Å²) in [5, 5.41) is 2.07. The maximum atomic E-state index is 13.4. The predicted molar refractivity (Wildman–Crippen MR) is 98.7 cm³/mol. The number of hydrogen-bond acceptors (Lipinski definition) is 6. The molecule has 3 heterocycles. The van der Waals surface area contributed by atoms with Crippen molar-refractivity contribution in [3.8, 4) is 11.8 Å². The fourth-order valence-electron chi connectivity index (χ4n) is 4.06. The van der Waals surface area contributed by atoms with Crippen LogP contribution >= 0.6 is 11.3 Å². The molecule has 2 aliphatic rings. The monoisotopic (exact) mass is 373 g/mol. The number of nitrogens with zero attached hydrogens (tertiary/aromatic N) is 3. The molecule has 0 aromatic carbocycles. The standard InChI is InChI=1S/C19H23N3O3S/c1-24-16-11-20-12-17(21-16)25-14-6-9-22(13-14)18(23)19(7-2-3-8-19)15-5-4-10-26-15/h4-5,10-12,14H,2-3,6-9,13H2,1H3. The maximum Gasteiger partial charge on any atom is 0.235 e. The Morgan fingerprint density at radius 1 is 1.31 bits per heavy atom. The summed E-state index contributed by atoms with van der Waals surface area (Å²) >= 11 is 1.70. The van der Waals surface area contributed by atoms with Gasteiger partial charge in [0.1, 0.15) is 6.10 Å². The molecule has 2 aromatic heterocycles. The minimum Gasteiger partial charge on any atom is -0.480 e. The van der Waals surface area contributed by atoms with Crippen molar-refractivity contribution in [2.24, 2.45) is 0 Å². The minimum absolute atomic E-state index is 0.0536. The van der Waals surface area contributed by atoms with E-state index < -0.39 is 0 Å². The highest BCUT2D eigenvalue weighted by Crippen LogP contribution is 2.45. The molecule has 1 amide bonds. The molecule has 1 atom stereocenters. The van der Waals surface area contributed by atoms with E-state index in [-0.39, 0.29) is 17.4 Å². The van der Waals surface area contributed by atoms with Gasteiger partial charge < -0.3 is 14.4 Å². The van der Waals surface area contributed by atoms with Gasteiger partial charge in [-0.1, -0.05) is 18.9 Å². The Morgan fingerprint density at radius 3 is 2.85 bits per heavy atom. The molecule has 4 rings (SSSR count). The Labute approximate surface area is 157 Å². The largest absolute Gasteiger partial charge is 0.480 e. The van der Waals surface area contributed by atoms with Crippen LogP contribution in [0.15, 0.2) is 29.9 Å². The first-order valence-electron chi connectivity index (χ1n) is 9.07. The lowest BCUT2D eigenvalue weighted by atomic mass is 9.83. The highest BCUT2D eigenvalue weighted by molar-refractivity contribution is 7.10. The molecule has 7 heteroatoms. The number of carbonyl (C=O) groups is 1. The number of hydrogen-bond donors (Lipinski definition) is 0. The van der Waals surface area contributed by atoms with Crippen molar-refractivity contribution in [3.63, 3.8) is 0 Å². The average molecular weight is 373 g/mol. The molecule has 0 N–H and O–H groups in total. The Hall–Kier alpha value is -2.15. The number of thiophene rings is 1. The second-order valence-electron chi connectivity index (χ2n) is 6.95. The van der Waals surface area contributed by atoms with Gasteiger partial charge in [-0.15, -0.1) is 11.3 Å². The first kappa shape index (κ1) is 17.3. The molecule has 1 unspecified atom stereocenters. The highest BCUT2D eigenvalue weighted by atomic mass is 32.1. The van der Waals surface area contributed by atoms with Crippen LogP contribution in [0, 0.1) is 0 Å². The van der Waals surface area contributed by atoms with E-state index >= 15 is 0 Å². The third kappa shape index (κ3) is 3.16. The molecule has 0 radical (unpaired) electrons. The van der Waals surface area contributed by atoms with Gasteiger partial charge in [0.15, 0.2) is 0 Å². The van der Waals surface area contributed by atoms with Crippen molar-refractivity contribution in [2.75, 3.05) is 20.2 Å². The van der Waals surface area contributed by atoms with Gasteiger partial charge in [-0.25, -0.2) is 0 Å². The molecule has 1 aliphatic heterocycles. The van der Waals surface area contributed by atoms with Crippen molar-refractivity contribution in [3.05, 3.63) is 34.8 Å². The molecule has 0 bridgehead atoms. The summed E-state index contributed by atoms with van der Waals surface area (Å²) in [6.45, 7) is 1.33. The SMILES string of the molecule is COc1cncc(OC2CCN(C(=O)C3(c4cccs4)CCCC3)C2)n1. The quantitative estimate of drug-likeness (QED) is 0.806. The summed E-state index contributed by atoms with van der Waals surface area (Å²) < 4.78 is 11.0. The first-order valence-corrected chi connectivity index (χ1v) is 9.95.